The lowest BCUT2D eigenvalue weighted by Gasteiger charge is -2.53. The van der Waals surface area contributed by atoms with Gasteiger partial charge in [-0.25, -0.2) is 0 Å². The number of anilines is 2. The Morgan fingerprint density at radius 3 is 1.93 bits per heavy atom. The van der Waals surface area contributed by atoms with Crippen molar-refractivity contribution in [1.29, 1.82) is 0 Å². The summed E-state index contributed by atoms with van der Waals surface area (Å²) in [5.74, 6) is -0.679. The topological polar surface area (TPSA) is 63.4 Å². The fourth-order valence-electron chi connectivity index (χ4n) is 7.34. The summed E-state index contributed by atoms with van der Waals surface area (Å²) in [6.07, 6.45) is 4.41. The Kier molecular flexibility index (Phi) is 6.82. The summed E-state index contributed by atoms with van der Waals surface area (Å²) in [7, 11) is 0. The lowest BCUT2D eigenvalue weighted by molar-refractivity contribution is -0.384. The van der Waals surface area contributed by atoms with Crippen molar-refractivity contribution in [3.8, 4) is 0 Å². The highest BCUT2D eigenvalue weighted by molar-refractivity contribution is 6.10. The summed E-state index contributed by atoms with van der Waals surface area (Å²) in [5.41, 5.74) is 5.95. The molecule has 1 aliphatic heterocycles. The average Bonchev–Trinajstić information content (AvgIpc) is 3.27. The van der Waals surface area contributed by atoms with Crippen molar-refractivity contribution in [2.75, 3.05) is 4.90 Å². The van der Waals surface area contributed by atoms with E-state index in [1.165, 1.54) is 12.1 Å². The molecule has 0 bridgehead atoms. The fraction of sp³-hybridized carbons (Fsp3) is 0.125. The highest BCUT2D eigenvalue weighted by Gasteiger charge is 2.63. The van der Waals surface area contributed by atoms with Crippen molar-refractivity contribution in [3.05, 3.63) is 184 Å². The van der Waals surface area contributed by atoms with Gasteiger partial charge in [-0.1, -0.05) is 111 Å². The van der Waals surface area contributed by atoms with E-state index in [1.807, 2.05) is 66.7 Å². The van der Waals surface area contributed by atoms with Crippen LogP contribution in [-0.2, 0) is 5.41 Å². The third kappa shape index (κ3) is 4.42. The molecule has 1 aliphatic carbocycles. The molecule has 5 nitrogen and oxygen atoms in total. The van der Waals surface area contributed by atoms with Gasteiger partial charge in [-0.15, -0.1) is 0 Å². The predicted octanol–water partition coefficient (Wildman–Crippen LogP) is 9.44. The van der Waals surface area contributed by atoms with Gasteiger partial charge in [0.2, 0.25) is 0 Å². The predicted molar refractivity (Wildman–Crippen MR) is 181 cm³/mol. The molecule has 5 heteroatoms. The number of nitro groups is 1. The zero-order chi connectivity index (χ0) is 31.2. The van der Waals surface area contributed by atoms with Crippen molar-refractivity contribution in [2.45, 2.75) is 24.8 Å². The van der Waals surface area contributed by atoms with Gasteiger partial charge < -0.3 is 4.90 Å². The number of Topliss-reactive ketones (excluding diaryl/α,β-unsaturated/α-hetero) is 1. The number of allylic oxidation sites excluding steroid dienone is 2. The van der Waals surface area contributed by atoms with Crippen LogP contribution in [0.5, 0.6) is 0 Å². The van der Waals surface area contributed by atoms with E-state index in [1.54, 1.807) is 12.1 Å². The van der Waals surface area contributed by atoms with Crippen LogP contribution in [0.15, 0.2) is 152 Å². The van der Waals surface area contributed by atoms with Crippen molar-refractivity contribution in [3.63, 3.8) is 0 Å². The molecule has 5 aromatic carbocycles. The minimum atomic E-state index is -0.901. The van der Waals surface area contributed by atoms with Gasteiger partial charge in [0.1, 0.15) is 0 Å². The Balaban J connectivity index is 1.60. The van der Waals surface area contributed by atoms with Crippen LogP contribution in [0, 0.1) is 16.0 Å². The molecular formula is C40H32N2O3. The largest absolute Gasteiger partial charge is 0.330 e. The van der Waals surface area contributed by atoms with Crippen LogP contribution in [0.2, 0.25) is 0 Å². The van der Waals surface area contributed by atoms with E-state index < -0.39 is 21.8 Å². The van der Waals surface area contributed by atoms with E-state index in [0.29, 0.717) is 5.56 Å². The number of carbonyl (C=O) groups is 1. The van der Waals surface area contributed by atoms with Gasteiger partial charge in [0, 0.05) is 34.5 Å². The molecule has 0 unspecified atom stereocenters. The van der Waals surface area contributed by atoms with Crippen LogP contribution in [-0.4, -0.2) is 16.2 Å². The molecule has 1 spiro atoms. The number of hydrogen-bond donors (Lipinski definition) is 0. The van der Waals surface area contributed by atoms with Gasteiger partial charge >= 0.3 is 0 Å². The molecule has 0 saturated heterocycles. The molecule has 0 saturated carbocycles. The highest BCUT2D eigenvalue weighted by Crippen LogP contribution is 2.63. The molecule has 0 radical (unpaired) electrons. The van der Waals surface area contributed by atoms with Crippen LogP contribution >= 0.6 is 0 Å². The maximum absolute atomic E-state index is 15.2. The van der Waals surface area contributed by atoms with Crippen LogP contribution in [0.1, 0.15) is 40.9 Å². The molecule has 5 aromatic rings. The van der Waals surface area contributed by atoms with Gasteiger partial charge in [0.05, 0.1) is 16.4 Å². The summed E-state index contributed by atoms with van der Waals surface area (Å²) < 4.78 is 0. The lowest BCUT2D eigenvalue weighted by atomic mass is 9.57. The quantitative estimate of drug-likeness (QED) is 0.113. The smallest absolute Gasteiger partial charge is 0.269 e. The molecule has 0 aromatic heterocycles. The summed E-state index contributed by atoms with van der Waals surface area (Å²) in [6.45, 7) is 4.47. The molecule has 0 fully saturated rings. The molecule has 1 heterocycles. The van der Waals surface area contributed by atoms with Crippen molar-refractivity contribution >= 4 is 34.0 Å². The number of ketones is 1. The zero-order valence-corrected chi connectivity index (χ0v) is 25.1. The Labute approximate surface area is 262 Å². The van der Waals surface area contributed by atoms with Gasteiger partial charge in [-0.2, -0.15) is 0 Å². The second kappa shape index (κ2) is 10.9. The highest BCUT2D eigenvalue weighted by atomic mass is 16.6. The molecule has 0 N–H and O–H groups in total. The first-order valence-electron chi connectivity index (χ1n) is 15.1. The molecule has 0 amide bonds. The molecule has 45 heavy (non-hydrogen) atoms. The normalized spacial score (nSPS) is 19.9. The number of rotatable bonds is 6. The number of hydrogen-bond acceptors (Lipinski definition) is 4. The maximum Gasteiger partial charge on any atom is 0.269 e. The Morgan fingerprint density at radius 2 is 1.29 bits per heavy atom. The van der Waals surface area contributed by atoms with Crippen molar-refractivity contribution < 1.29 is 9.72 Å². The summed E-state index contributed by atoms with van der Waals surface area (Å²) in [5, 5.41) is 11.6. The van der Waals surface area contributed by atoms with Crippen LogP contribution in [0.4, 0.5) is 17.1 Å². The molecule has 7 rings (SSSR count). The first-order chi connectivity index (χ1) is 21.8. The van der Waals surface area contributed by atoms with Crippen LogP contribution < -0.4 is 4.90 Å². The fourth-order valence-corrected chi connectivity index (χ4v) is 7.34. The standard InChI is InChI=1S/C40H32N2O3/c1-39(2)35-20-12-13-21-36(35)41(32-18-10-5-11-19-32)40(39)27-31(28-14-6-3-7-15-28)26-34(29-22-24-33(25-23-29)42(44)45)37(40)38(43)30-16-8-4-9-17-30/h3-27,37H,1-2H3/t37-,40+/m0/s1. The van der Waals surface area contributed by atoms with E-state index in [2.05, 4.69) is 79.4 Å². The molecule has 220 valence electrons. The SMILES string of the molecule is CC1(C)c2ccccc2N(c2ccccc2)[C@@]12C=C(c1ccccc1)C=C(c1ccc([N+](=O)[O-])cc1)[C@H]2C(=O)c1ccccc1. The zero-order valence-electron chi connectivity index (χ0n) is 25.1. The Morgan fingerprint density at radius 1 is 0.711 bits per heavy atom. The number of non-ortho nitro benzene ring substituents is 1. The minimum Gasteiger partial charge on any atom is -0.330 e. The number of nitro benzene ring substituents is 1. The van der Waals surface area contributed by atoms with E-state index in [-0.39, 0.29) is 11.5 Å². The number of fused-ring (bicyclic) bond motifs is 1. The number of nitrogens with zero attached hydrogens (tertiary/aromatic N) is 2. The molecule has 2 atom stereocenters. The van der Waals surface area contributed by atoms with Crippen molar-refractivity contribution in [2.24, 2.45) is 5.92 Å². The second-order valence-electron chi connectivity index (χ2n) is 12.2. The molecular weight excluding hydrogens is 556 g/mol. The van der Waals surface area contributed by atoms with E-state index in [4.69, 9.17) is 0 Å². The van der Waals surface area contributed by atoms with Gasteiger partial charge in [-0.05, 0) is 70.3 Å². The third-order valence-corrected chi connectivity index (χ3v) is 9.48. The van der Waals surface area contributed by atoms with Crippen LogP contribution in [0.25, 0.3) is 11.1 Å². The van der Waals surface area contributed by atoms with Gasteiger partial charge in [-0.3, -0.25) is 14.9 Å². The summed E-state index contributed by atoms with van der Waals surface area (Å²) in [6, 6.07) is 45.0. The van der Waals surface area contributed by atoms with Crippen molar-refractivity contribution in [1.82, 2.24) is 0 Å². The van der Waals surface area contributed by atoms with E-state index >= 15 is 4.79 Å². The van der Waals surface area contributed by atoms with Gasteiger partial charge in [0.25, 0.3) is 5.69 Å². The van der Waals surface area contributed by atoms with Gasteiger partial charge in [0.15, 0.2) is 5.78 Å². The number of para-hydroxylation sites is 2. The minimum absolute atomic E-state index is 0.00847. The monoisotopic (exact) mass is 588 g/mol. The average molecular weight is 589 g/mol. The Hall–Kier alpha value is -5.55. The number of benzene rings is 5. The molecule has 2 aliphatic rings. The second-order valence-corrected chi connectivity index (χ2v) is 12.2. The first kappa shape index (κ1) is 28.2. The Bertz CT molecular complexity index is 1960. The summed E-state index contributed by atoms with van der Waals surface area (Å²) in [4.78, 5) is 28.8. The van der Waals surface area contributed by atoms with E-state index in [9.17, 15) is 10.1 Å². The van der Waals surface area contributed by atoms with Crippen LogP contribution in [0.3, 0.4) is 0 Å². The summed E-state index contributed by atoms with van der Waals surface area (Å²) >= 11 is 0. The maximum atomic E-state index is 15.2. The lowest BCUT2D eigenvalue weighted by Crippen LogP contribution is -2.61. The third-order valence-electron chi connectivity index (χ3n) is 9.48. The van der Waals surface area contributed by atoms with E-state index in [0.717, 1.165) is 39.2 Å². The first-order valence-corrected chi connectivity index (χ1v) is 15.1. The number of carbonyl (C=O) groups excluding carboxylic acids is 1.